The Balaban J connectivity index is 0.000000164. The summed E-state index contributed by atoms with van der Waals surface area (Å²) in [6.45, 7) is 12.3. The predicted molar refractivity (Wildman–Crippen MR) is 279 cm³/mol. The summed E-state index contributed by atoms with van der Waals surface area (Å²) in [4.78, 5) is 31.7. The van der Waals surface area contributed by atoms with E-state index >= 15 is 0 Å². The van der Waals surface area contributed by atoms with Gasteiger partial charge in [-0.05, 0) is 62.7 Å². The zero-order valence-electron chi connectivity index (χ0n) is 47.7. The summed E-state index contributed by atoms with van der Waals surface area (Å²) in [5.41, 5.74) is -8.84. The van der Waals surface area contributed by atoms with Crippen molar-refractivity contribution >= 4 is 11.9 Å². The number of aliphatic hydroxyl groups excluding tert-OH is 5. The molecule has 8 N–H and O–H groups in total. The highest BCUT2D eigenvalue weighted by Crippen LogP contribution is 2.83. The second-order valence-electron chi connectivity index (χ2n) is 26.4. The van der Waals surface area contributed by atoms with E-state index in [0.717, 1.165) is 6.42 Å². The summed E-state index contributed by atoms with van der Waals surface area (Å²) in [7, 11) is 9.44. The minimum Gasteiger partial charge on any atom is -0.455 e. The first kappa shape index (κ1) is 57.0. The Morgan fingerprint density at radius 1 is 0.582 bits per heavy atom. The summed E-state index contributed by atoms with van der Waals surface area (Å²) in [6, 6.07) is 8.10. The van der Waals surface area contributed by atoms with Crippen LogP contribution in [-0.2, 0) is 42.7 Å². The number of nitrogens with zero attached hydrogens (tertiary/aromatic N) is 2. The molecule has 2 spiro atoms. The Kier molecular flexibility index (Phi) is 13.5. The van der Waals surface area contributed by atoms with Gasteiger partial charge in [-0.2, -0.15) is 0 Å². The largest absolute Gasteiger partial charge is 0.455 e. The molecule has 10 aliphatic carbocycles. The topological polar surface area (TPSA) is 276 Å². The van der Waals surface area contributed by atoms with E-state index in [9.17, 15) is 50.4 Å². The van der Waals surface area contributed by atoms with Crippen LogP contribution in [-0.4, -0.2) is 239 Å². The average Bonchev–Trinajstić information content (AvgIpc) is 1.77. The Hall–Kier alpha value is -2.48. The normalized spacial score (nSPS) is 56.4. The van der Waals surface area contributed by atoms with E-state index in [1.165, 1.54) is 21.1 Å². The van der Waals surface area contributed by atoms with Crippen LogP contribution in [0, 0.1) is 69.0 Å². The number of aliphatic hydroxyl groups is 8. The van der Waals surface area contributed by atoms with Crippen LogP contribution >= 0.6 is 0 Å². The number of rotatable bonds is 13. The maximum atomic E-state index is 13.7. The molecule has 0 amide bonds. The third-order valence-electron chi connectivity index (χ3n) is 25.3. The monoisotopic (exact) mass is 1110 g/mol. The van der Waals surface area contributed by atoms with Crippen molar-refractivity contribution in [1.29, 1.82) is 0 Å². The molecule has 2 saturated heterocycles. The molecule has 12 fully saturated rings. The summed E-state index contributed by atoms with van der Waals surface area (Å²) in [6.07, 6.45) is -8.12. The highest BCUT2D eigenvalue weighted by molar-refractivity contribution is 5.89. The van der Waals surface area contributed by atoms with E-state index in [0.29, 0.717) is 51.0 Å². The number of ether oxygens (including phenoxy) is 8. The maximum Gasteiger partial charge on any atom is 0.338 e. The van der Waals surface area contributed by atoms with Gasteiger partial charge in [-0.3, -0.25) is 14.6 Å². The Morgan fingerprint density at radius 2 is 1.06 bits per heavy atom. The number of benzene rings is 1. The van der Waals surface area contributed by atoms with Crippen LogP contribution in [0.15, 0.2) is 30.3 Å². The van der Waals surface area contributed by atoms with Crippen LogP contribution in [0.5, 0.6) is 0 Å². The molecular weight excluding hydrogens is 1020 g/mol. The molecule has 2 aliphatic heterocycles. The Labute approximate surface area is 463 Å². The molecule has 13 rings (SSSR count). The first-order valence-corrected chi connectivity index (χ1v) is 29.3. The lowest BCUT2D eigenvalue weighted by molar-refractivity contribution is -0.321. The molecule has 10 saturated carbocycles. The maximum absolute atomic E-state index is 13.7. The molecular formula is C59H88N2O18. The summed E-state index contributed by atoms with van der Waals surface area (Å²) >= 11 is 0. The van der Waals surface area contributed by atoms with Crippen LogP contribution < -0.4 is 0 Å². The average molecular weight is 1110 g/mol. The third-order valence-corrected chi connectivity index (χ3v) is 25.3. The quantitative estimate of drug-likeness (QED) is 0.124. The summed E-state index contributed by atoms with van der Waals surface area (Å²) in [5, 5.41) is 96.3. The van der Waals surface area contributed by atoms with Crippen molar-refractivity contribution in [3.05, 3.63) is 35.9 Å². The number of esters is 2. The lowest BCUT2D eigenvalue weighted by Gasteiger charge is -2.70. The van der Waals surface area contributed by atoms with Crippen LogP contribution in [0.1, 0.15) is 83.5 Å². The van der Waals surface area contributed by atoms with Gasteiger partial charge in [0.2, 0.25) is 0 Å². The minimum atomic E-state index is -1.80. The zero-order chi connectivity index (χ0) is 56.9. The molecule has 30 atom stereocenters. The van der Waals surface area contributed by atoms with Crippen molar-refractivity contribution in [2.24, 2.45) is 69.0 Å². The number of fused-ring (bicyclic) bond motifs is 4. The number of methoxy groups -OCH3 is 6. The van der Waals surface area contributed by atoms with Gasteiger partial charge in [-0.25, -0.2) is 4.79 Å². The molecule has 1 aromatic carbocycles. The van der Waals surface area contributed by atoms with E-state index < -0.39 is 153 Å². The van der Waals surface area contributed by atoms with Crippen LogP contribution in [0.25, 0.3) is 0 Å². The minimum absolute atomic E-state index is 0.118. The van der Waals surface area contributed by atoms with E-state index in [4.69, 9.17) is 37.9 Å². The summed E-state index contributed by atoms with van der Waals surface area (Å²) in [5.74, 6) is -5.11. The van der Waals surface area contributed by atoms with Gasteiger partial charge >= 0.3 is 11.9 Å². The highest BCUT2D eigenvalue weighted by Gasteiger charge is 2.93. The van der Waals surface area contributed by atoms with Crippen molar-refractivity contribution < 1.29 is 88.3 Å². The van der Waals surface area contributed by atoms with Crippen LogP contribution in [0.4, 0.5) is 0 Å². The van der Waals surface area contributed by atoms with Gasteiger partial charge in [-0.1, -0.05) is 45.9 Å². The van der Waals surface area contributed by atoms with Gasteiger partial charge in [0.05, 0.1) is 48.3 Å². The molecule has 79 heavy (non-hydrogen) atoms. The number of carbonyl (C=O) groups is 2. The Bertz CT molecular complexity index is 2530. The van der Waals surface area contributed by atoms with Crippen molar-refractivity contribution in [1.82, 2.24) is 9.80 Å². The van der Waals surface area contributed by atoms with Gasteiger partial charge < -0.3 is 78.7 Å². The number of piperidine rings is 2. The second-order valence-corrected chi connectivity index (χ2v) is 26.4. The highest BCUT2D eigenvalue weighted by atomic mass is 16.6. The Morgan fingerprint density at radius 3 is 1.53 bits per heavy atom. The van der Waals surface area contributed by atoms with Gasteiger partial charge in [0.1, 0.15) is 47.3 Å². The third kappa shape index (κ3) is 6.20. The fourth-order valence-corrected chi connectivity index (χ4v) is 23.4. The predicted octanol–water partition coefficient (Wildman–Crippen LogP) is 0.388. The molecule has 14 bridgehead atoms. The molecule has 442 valence electrons. The van der Waals surface area contributed by atoms with Gasteiger partial charge in [0, 0.05) is 145 Å². The van der Waals surface area contributed by atoms with Gasteiger partial charge in [0.25, 0.3) is 0 Å². The van der Waals surface area contributed by atoms with Crippen molar-refractivity contribution in [3.63, 3.8) is 0 Å². The van der Waals surface area contributed by atoms with Crippen molar-refractivity contribution in [3.8, 4) is 0 Å². The molecule has 20 nitrogen and oxygen atoms in total. The van der Waals surface area contributed by atoms with E-state index in [-0.39, 0.29) is 48.8 Å². The molecule has 2 heterocycles. The molecule has 0 radical (unpaired) electrons. The first-order chi connectivity index (χ1) is 37.6. The fraction of sp³-hybridized carbons (Fsp3) is 0.864. The molecule has 2 unspecified atom stereocenters. The molecule has 0 aromatic heterocycles. The van der Waals surface area contributed by atoms with Crippen LogP contribution in [0.2, 0.25) is 0 Å². The van der Waals surface area contributed by atoms with Gasteiger partial charge in [-0.15, -0.1) is 0 Å². The lowest BCUT2D eigenvalue weighted by atomic mass is 9.42. The van der Waals surface area contributed by atoms with E-state index in [2.05, 4.69) is 37.5 Å². The number of carbonyl (C=O) groups excluding carboxylic acids is 2. The van der Waals surface area contributed by atoms with E-state index in [1.807, 2.05) is 0 Å². The van der Waals surface area contributed by atoms with Crippen LogP contribution in [0.3, 0.4) is 0 Å². The SMILES string of the molecule is CCN1C[C@]2(CC)[C@H](O)C[C@H](OC)[C@@]34[C@@H]5C[C@@]6(O)[C@H](O)[C@@H]5[C@@](O)(C([C@H](OC)[C@H]23)[C@@H]14)[C@@H](O)[C@@H]6OC.CCN1C[C@]2(CC)[C@H](O)C[C@H](OC)[C@@]34[C@@H]5C[C@@]6(O)[C@H](OC(=O)c7ccccc7)[C@@H]5[C@@](OC(C)=O)(C([C@H](OC)[C@H]23)[C@@H]14)[C@@H](O)[C@@H]6OC. The molecule has 20 heteroatoms. The lowest BCUT2D eigenvalue weighted by Crippen LogP contribution is -2.81. The first-order valence-electron chi connectivity index (χ1n) is 29.3. The fourth-order valence-electron chi connectivity index (χ4n) is 23.4. The van der Waals surface area contributed by atoms with Crippen molar-refractivity contribution in [2.75, 3.05) is 68.8 Å². The smallest absolute Gasteiger partial charge is 0.338 e. The number of hydrogen-bond donors (Lipinski definition) is 8. The zero-order valence-corrected chi connectivity index (χ0v) is 47.7. The van der Waals surface area contributed by atoms with Crippen molar-refractivity contribution in [2.45, 2.75) is 181 Å². The number of hydrogen-bond acceptors (Lipinski definition) is 20. The standard InChI is InChI=1S/C34H47NO10.C25H41NO8/c1-7-31-16-35(8-2)26-23-24(42-5)25(31)33(26,21(41-4)14-20(31)37)19-15-32(40)28(44-30(39)18-12-10-9-11-13-18)22(19)34(23,45-17(3)36)27(38)29(32)43-6;1-6-22-10-26(7-2)18-15-16(33-4)17(22)24(18,13(32-3)8-12(22)27)11-9-23(30)19(28)14(11)25(15,31)20(29)21(23)34-5/h9-13,19-29,37-38,40H,7-8,14-16H2,1-6H3;11-21,27-31H,6-10H2,1-5H3/t19-,20-,21+,22-,23?,24+,25-,26-,27+,28-,29+,31-,32-,33+,34-;11-,12-,13+,14-,15?,16+,17-,18-,19-,20+,21+,22-,23-,24+,25-/m11/s1. The molecule has 1 aromatic rings. The van der Waals surface area contributed by atoms with Gasteiger partial charge in [0.15, 0.2) is 5.60 Å². The summed E-state index contributed by atoms with van der Waals surface area (Å²) < 4.78 is 49.5. The second kappa shape index (κ2) is 18.8. The number of likely N-dealkylation sites (tertiary alicyclic amines) is 2. The van der Waals surface area contributed by atoms with E-state index in [1.54, 1.807) is 58.8 Å². The molecule has 12 aliphatic rings.